The van der Waals surface area contributed by atoms with E-state index in [9.17, 15) is 22.0 Å². The van der Waals surface area contributed by atoms with Gasteiger partial charge in [-0.15, -0.1) is 0 Å². The van der Waals surface area contributed by atoms with E-state index in [1.165, 1.54) is 0 Å². The maximum atomic E-state index is 13.9. The van der Waals surface area contributed by atoms with Crippen molar-refractivity contribution in [1.82, 2.24) is 9.21 Å². The molecule has 1 aromatic rings. The molecule has 1 aromatic carbocycles. The fourth-order valence-corrected chi connectivity index (χ4v) is 6.31. The van der Waals surface area contributed by atoms with Crippen molar-refractivity contribution in [3.8, 4) is 0 Å². The van der Waals surface area contributed by atoms with Gasteiger partial charge in [-0.05, 0) is 37.5 Å². The first-order chi connectivity index (χ1) is 12.8. The number of amides is 1. The zero-order valence-corrected chi connectivity index (χ0v) is 16.9. The second-order valence-electron chi connectivity index (χ2n) is 6.94. The summed E-state index contributed by atoms with van der Waals surface area (Å²) in [5, 5.41) is 0.458. The molecule has 0 radical (unpaired) electrons. The maximum Gasteiger partial charge on any atom is 0.246 e. The van der Waals surface area contributed by atoms with Gasteiger partial charge < -0.3 is 4.90 Å². The van der Waals surface area contributed by atoms with Crippen LogP contribution in [0, 0.1) is 17.6 Å². The van der Waals surface area contributed by atoms with E-state index in [4.69, 9.17) is 0 Å². The summed E-state index contributed by atoms with van der Waals surface area (Å²) in [6, 6.07) is 2.41. The van der Waals surface area contributed by atoms with Crippen LogP contribution in [0.15, 0.2) is 23.1 Å². The van der Waals surface area contributed by atoms with E-state index in [0.29, 0.717) is 24.2 Å². The minimum Gasteiger partial charge on any atom is -0.341 e. The Kier molecular flexibility index (Phi) is 6.43. The zero-order chi connectivity index (χ0) is 19.6. The predicted octanol–water partition coefficient (Wildman–Crippen LogP) is 2.72. The molecule has 27 heavy (non-hydrogen) atoms. The van der Waals surface area contributed by atoms with E-state index >= 15 is 0 Å². The predicted molar refractivity (Wildman–Crippen MR) is 101 cm³/mol. The van der Waals surface area contributed by atoms with Crippen LogP contribution in [0.4, 0.5) is 8.78 Å². The first kappa shape index (κ1) is 20.5. The molecule has 2 aliphatic rings. The Labute approximate surface area is 163 Å². The molecule has 9 heteroatoms. The number of hydrogen-bond donors (Lipinski definition) is 0. The van der Waals surface area contributed by atoms with E-state index < -0.39 is 26.6 Å². The van der Waals surface area contributed by atoms with Gasteiger partial charge in [-0.1, -0.05) is 6.92 Å². The monoisotopic (exact) mass is 418 g/mol. The molecule has 2 aliphatic heterocycles. The molecule has 2 fully saturated rings. The van der Waals surface area contributed by atoms with Crippen molar-refractivity contribution in [3.05, 3.63) is 29.8 Å². The molecule has 0 aliphatic carbocycles. The smallest absolute Gasteiger partial charge is 0.246 e. The number of halogens is 2. The van der Waals surface area contributed by atoms with Crippen LogP contribution in [0.5, 0.6) is 0 Å². The fraction of sp³-hybridized carbons (Fsp3) is 0.611. The van der Waals surface area contributed by atoms with Crippen LogP contribution in [0.3, 0.4) is 0 Å². The summed E-state index contributed by atoms with van der Waals surface area (Å²) in [5.74, 6) is -0.965. The van der Waals surface area contributed by atoms with Gasteiger partial charge in [-0.3, -0.25) is 4.79 Å². The average molecular weight is 419 g/mol. The zero-order valence-electron chi connectivity index (χ0n) is 15.2. The molecule has 0 unspecified atom stereocenters. The molecule has 2 saturated heterocycles. The van der Waals surface area contributed by atoms with Crippen LogP contribution in [0.2, 0.25) is 0 Å². The van der Waals surface area contributed by atoms with Crippen molar-refractivity contribution in [2.45, 2.75) is 36.3 Å². The normalized spacial score (nSPS) is 22.8. The molecular weight excluding hydrogens is 394 g/mol. The van der Waals surface area contributed by atoms with Crippen LogP contribution in [-0.4, -0.2) is 60.7 Å². The highest BCUT2D eigenvalue weighted by molar-refractivity contribution is 8.00. The molecule has 0 aromatic heterocycles. The van der Waals surface area contributed by atoms with E-state index in [1.807, 2.05) is 16.7 Å². The molecule has 0 bridgehead atoms. The first-order valence-corrected chi connectivity index (χ1v) is 11.7. The number of thioether (sulfide) groups is 1. The molecule has 1 atom stereocenters. The Morgan fingerprint density at radius 3 is 2.59 bits per heavy atom. The number of carbonyl (C=O) groups is 1. The van der Waals surface area contributed by atoms with Gasteiger partial charge in [0.1, 0.15) is 16.5 Å². The molecule has 0 saturated carbocycles. The van der Waals surface area contributed by atoms with Gasteiger partial charge >= 0.3 is 0 Å². The summed E-state index contributed by atoms with van der Waals surface area (Å²) < 4.78 is 53.7. The fourth-order valence-electron chi connectivity index (χ4n) is 3.58. The number of nitrogens with zero attached hydrogens (tertiary/aromatic N) is 2. The maximum absolute atomic E-state index is 13.9. The molecule has 150 valence electrons. The summed E-state index contributed by atoms with van der Waals surface area (Å²) in [4.78, 5) is 14.0. The van der Waals surface area contributed by atoms with Crippen molar-refractivity contribution in [2.75, 3.05) is 31.9 Å². The van der Waals surface area contributed by atoms with Gasteiger partial charge in [0.15, 0.2) is 0 Å². The third kappa shape index (κ3) is 4.46. The lowest BCUT2D eigenvalue weighted by atomic mass is 9.96. The minimum absolute atomic E-state index is 0.0859. The number of benzene rings is 1. The molecule has 0 N–H and O–H groups in total. The van der Waals surface area contributed by atoms with Crippen LogP contribution in [0.25, 0.3) is 0 Å². The van der Waals surface area contributed by atoms with Crippen molar-refractivity contribution in [2.24, 2.45) is 5.92 Å². The second kappa shape index (κ2) is 8.45. The summed E-state index contributed by atoms with van der Waals surface area (Å²) in [5.41, 5.74) is 0. The summed E-state index contributed by atoms with van der Waals surface area (Å²) in [7, 11) is -4.11. The van der Waals surface area contributed by atoms with Crippen molar-refractivity contribution >= 4 is 27.7 Å². The first-order valence-electron chi connectivity index (χ1n) is 9.18. The molecule has 5 nitrogen and oxygen atoms in total. The highest BCUT2D eigenvalue weighted by Crippen LogP contribution is 2.28. The van der Waals surface area contributed by atoms with Crippen LogP contribution in [-0.2, 0) is 14.8 Å². The standard InChI is InChI=1S/C18H24F2N2O3S2/c1-2-15-12-21(9-10-26-15)18(23)13-5-7-22(8-6-13)27(24,25)17-11-14(19)3-4-16(17)20/h3-4,11,13,15H,2,5-10,12H2,1H3/t15-/m0/s1. The van der Waals surface area contributed by atoms with Crippen molar-refractivity contribution in [1.29, 1.82) is 0 Å². The number of piperidine rings is 1. The Morgan fingerprint density at radius 1 is 1.22 bits per heavy atom. The topological polar surface area (TPSA) is 57.7 Å². The van der Waals surface area contributed by atoms with Crippen LogP contribution >= 0.6 is 11.8 Å². The third-order valence-corrected chi connectivity index (χ3v) is 8.51. The molecule has 2 heterocycles. The minimum atomic E-state index is -4.11. The third-order valence-electron chi connectivity index (χ3n) is 5.22. The quantitative estimate of drug-likeness (QED) is 0.755. The van der Waals surface area contributed by atoms with Crippen LogP contribution < -0.4 is 0 Å². The van der Waals surface area contributed by atoms with Gasteiger partial charge in [0.05, 0.1) is 0 Å². The highest BCUT2D eigenvalue weighted by Gasteiger charge is 2.36. The number of rotatable bonds is 4. The van der Waals surface area contributed by atoms with E-state index in [0.717, 1.165) is 41.7 Å². The highest BCUT2D eigenvalue weighted by atomic mass is 32.2. The summed E-state index contributed by atoms with van der Waals surface area (Å²) in [6.45, 7) is 3.85. The van der Waals surface area contributed by atoms with E-state index in [1.54, 1.807) is 0 Å². The summed E-state index contributed by atoms with van der Waals surface area (Å²) in [6.07, 6.45) is 1.81. The lowest BCUT2D eigenvalue weighted by Gasteiger charge is -2.37. The van der Waals surface area contributed by atoms with Crippen LogP contribution in [0.1, 0.15) is 26.2 Å². The largest absolute Gasteiger partial charge is 0.341 e. The van der Waals surface area contributed by atoms with E-state index in [-0.39, 0.29) is 24.9 Å². The molecule has 3 rings (SSSR count). The number of hydrogen-bond acceptors (Lipinski definition) is 4. The van der Waals surface area contributed by atoms with Gasteiger partial charge in [0.2, 0.25) is 15.9 Å². The van der Waals surface area contributed by atoms with Gasteiger partial charge in [0.25, 0.3) is 0 Å². The Balaban J connectivity index is 1.64. The second-order valence-corrected chi connectivity index (χ2v) is 10.3. The van der Waals surface area contributed by atoms with Crippen molar-refractivity contribution in [3.63, 3.8) is 0 Å². The molecule has 0 spiro atoms. The number of sulfonamides is 1. The lowest BCUT2D eigenvalue weighted by molar-refractivity contribution is -0.136. The summed E-state index contributed by atoms with van der Waals surface area (Å²) >= 11 is 1.89. The lowest BCUT2D eigenvalue weighted by Crippen LogP contribution is -2.48. The number of carbonyl (C=O) groups excluding carboxylic acids is 1. The van der Waals surface area contributed by atoms with Gasteiger partial charge in [0, 0.05) is 43.1 Å². The molecular formula is C18H24F2N2O3S2. The average Bonchev–Trinajstić information content (AvgIpc) is 2.69. The van der Waals surface area contributed by atoms with Gasteiger partial charge in [-0.25, -0.2) is 17.2 Å². The molecule has 1 amide bonds. The Bertz CT molecular complexity index is 796. The Morgan fingerprint density at radius 2 is 1.93 bits per heavy atom. The van der Waals surface area contributed by atoms with E-state index in [2.05, 4.69) is 6.92 Å². The Hall–Kier alpha value is -1.19. The SMILES string of the molecule is CC[C@H]1CN(C(=O)C2CCN(S(=O)(=O)c3cc(F)ccc3F)CC2)CCS1. The van der Waals surface area contributed by atoms with Crippen molar-refractivity contribution < 1.29 is 22.0 Å². The van der Waals surface area contributed by atoms with Gasteiger partial charge in [-0.2, -0.15) is 16.1 Å².